The standard InChI is InChI=1S/C7H5NS.3C6H13NS/c1-2-4-7-6(3-1)8-5-9-7;3*7-8-6-4-2-1-3-5-6/h1-5H;3*6H,1-5,7H2. The van der Waals surface area contributed by atoms with Gasteiger partial charge in [-0.05, 0) is 50.7 Å². The monoisotopic (exact) mass is 528 g/mol. The maximum atomic E-state index is 5.42. The van der Waals surface area contributed by atoms with E-state index in [-0.39, 0.29) is 0 Å². The van der Waals surface area contributed by atoms with E-state index in [1.165, 1.54) is 101 Å². The normalized spacial score (nSPS) is 20.0. The van der Waals surface area contributed by atoms with Gasteiger partial charge in [-0.25, -0.2) is 4.98 Å². The zero-order valence-electron chi connectivity index (χ0n) is 20.0. The summed E-state index contributed by atoms with van der Waals surface area (Å²) in [5.41, 5.74) is 2.97. The molecule has 0 atom stereocenters. The molecule has 3 fully saturated rings. The first-order chi connectivity index (χ1) is 16.3. The van der Waals surface area contributed by atoms with Gasteiger partial charge in [0, 0.05) is 15.7 Å². The van der Waals surface area contributed by atoms with Gasteiger partial charge in [-0.3, -0.25) is 15.4 Å². The van der Waals surface area contributed by atoms with E-state index in [1.54, 1.807) is 47.2 Å². The van der Waals surface area contributed by atoms with Crippen molar-refractivity contribution < 1.29 is 0 Å². The lowest BCUT2D eigenvalue weighted by molar-refractivity contribution is 0.516. The Morgan fingerprint density at radius 2 is 1.00 bits per heavy atom. The van der Waals surface area contributed by atoms with Crippen LogP contribution in [0.2, 0.25) is 0 Å². The topological polar surface area (TPSA) is 91.0 Å². The number of fused-ring (bicyclic) bond motifs is 1. The van der Waals surface area contributed by atoms with E-state index in [0.29, 0.717) is 0 Å². The molecular weight excluding hydrogens is 485 g/mol. The van der Waals surface area contributed by atoms with Crippen LogP contribution < -0.4 is 15.4 Å². The SMILES string of the molecule is NSC1CCCCC1.NSC1CCCCC1.NSC1CCCCC1.c1ccc2scnc2c1. The first kappa shape index (κ1) is 29.3. The number of aromatic nitrogens is 1. The highest BCUT2D eigenvalue weighted by atomic mass is 32.2. The number of para-hydroxylation sites is 1. The Morgan fingerprint density at radius 1 is 0.606 bits per heavy atom. The zero-order chi connectivity index (χ0) is 23.6. The molecule has 1 heterocycles. The molecule has 3 aliphatic carbocycles. The molecule has 3 saturated carbocycles. The van der Waals surface area contributed by atoms with Crippen LogP contribution in [0.1, 0.15) is 96.3 Å². The number of nitrogens with two attached hydrogens (primary N) is 3. The Labute approximate surface area is 218 Å². The molecule has 3 aliphatic rings. The van der Waals surface area contributed by atoms with Crippen molar-refractivity contribution in [3.05, 3.63) is 29.8 Å². The second-order valence-electron chi connectivity index (χ2n) is 9.01. The van der Waals surface area contributed by atoms with Gasteiger partial charge in [0.1, 0.15) is 0 Å². The molecule has 0 saturated heterocycles. The van der Waals surface area contributed by atoms with E-state index in [4.69, 9.17) is 15.4 Å². The van der Waals surface area contributed by atoms with Crippen molar-refractivity contribution in [3.63, 3.8) is 0 Å². The molecule has 0 radical (unpaired) electrons. The minimum atomic E-state index is 0.781. The van der Waals surface area contributed by atoms with Crippen LogP contribution >= 0.6 is 47.2 Å². The van der Waals surface area contributed by atoms with Gasteiger partial charge < -0.3 is 0 Å². The van der Waals surface area contributed by atoms with E-state index < -0.39 is 0 Å². The quantitative estimate of drug-likeness (QED) is 0.347. The van der Waals surface area contributed by atoms with Crippen molar-refractivity contribution in [1.82, 2.24) is 4.98 Å². The summed E-state index contributed by atoms with van der Waals surface area (Å²) < 4.78 is 1.26. The second-order valence-corrected chi connectivity index (χ2v) is 12.7. The summed E-state index contributed by atoms with van der Waals surface area (Å²) in [4.78, 5) is 4.14. The Hall–Kier alpha value is 0.0400. The third-order valence-electron chi connectivity index (χ3n) is 6.47. The van der Waals surface area contributed by atoms with Crippen molar-refractivity contribution in [2.24, 2.45) is 15.4 Å². The van der Waals surface area contributed by atoms with Crippen LogP contribution in [0.15, 0.2) is 29.8 Å². The highest BCUT2D eigenvalue weighted by Crippen LogP contribution is 2.25. The summed E-state index contributed by atoms with van der Waals surface area (Å²) in [6.07, 6.45) is 20.8. The predicted molar refractivity (Wildman–Crippen MR) is 156 cm³/mol. The molecule has 1 aromatic heterocycles. The van der Waals surface area contributed by atoms with Crippen LogP contribution in [-0.4, -0.2) is 20.7 Å². The number of hydrogen-bond acceptors (Lipinski definition) is 8. The molecule has 0 spiro atoms. The summed E-state index contributed by atoms with van der Waals surface area (Å²) in [5, 5.41) is 18.6. The van der Waals surface area contributed by atoms with Crippen LogP contribution in [0.4, 0.5) is 0 Å². The minimum Gasteiger partial charge on any atom is -0.278 e. The first-order valence-corrected chi connectivity index (χ1v) is 16.3. The van der Waals surface area contributed by atoms with Crippen LogP contribution in [0.25, 0.3) is 10.2 Å². The van der Waals surface area contributed by atoms with Crippen LogP contribution in [0.3, 0.4) is 0 Å². The highest BCUT2D eigenvalue weighted by Gasteiger charge is 2.12. The largest absolute Gasteiger partial charge is 0.278 e. The minimum absolute atomic E-state index is 0.781. The lowest BCUT2D eigenvalue weighted by Crippen LogP contribution is -2.09. The fourth-order valence-corrected chi connectivity index (χ4v) is 6.90. The Bertz CT molecular complexity index is 623. The van der Waals surface area contributed by atoms with E-state index in [1.807, 2.05) is 23.7 Å². The molecule has 0 amide bonds. The third-order valence-corrected chi connectivity index (χ3v) is 9.85. The Kier molecular flexibility index (Phi) is 17.1. The molecular formula is C25H44N4S4. The third kappa shape index (κ3) is 13.1. The number of thiazole rings is 1. The summed E-state index contributed by atoms with van der Waals surface area (Å²) in [6.45, 7) is 0. The molecule has 188 valence electrons. The molecule has 5 rings (SSSR count). The van der Waals surface area contributed by atoms with Gasteiger partial charge >= 0.3 is 0 Å². The molecule has 0 bridgehead atoms. The lowest BCUT2D eigenvalue weighted by Gasteiger charge is -2.17. The van der Waals surface area contributed by atoms with E-state index in [0.717, 1.165) is 21.3 Å². The summed E-state index contributed by atoms with van der Waals surface area (Å²) >= 11 is 6.31. The fourth-order valence-electron chi connectivity index (χ4n) is 4.41. The summed E-state index contributed by atoms with van der Waals surface area (Å²) in [5.74, 6) is 0. The average molecular weight is 529 g/mol. The zero-order valence-corrected chi connectivity index (χ0v) is 23.3. The number of nitrogens with zero attached hydrogens (tertiary/aromatic N) is 1. The molecule has 1 aromatic carbocycles. The lowest BCUT2D eigenvalue weighted by atomic mass is 10.0. The van der Waals surface area contributed by atoms with Crippen molar-refractivity contribution in [3.8, 4) is 0 Å². The predicted octanol–water partition coefficient (Wildman–Crippen LogP) is 8.07. The molecule has 6 N–H and O–H groups in total. The second kappa shape index (κ2) is 19.3. The number of benzene rings is 1. The van der Waals surface area contributed by atoms with Gasteiger partial charge in [-0.1, -0.05) is 106 Å². The van der Waals surface area contributed by atoms with Crippen LogP contribution in [0, 0.1) is 0 Å². The number of hydrogen-bond donors (Lipinski definition) is 3. The van der Waals surface area contributed by atoms with Gasteiger partial charge in [-0.2, -0.15) is 0 Å². The molecule has 0 unspecified atom stereocenters. The average Bonchev–Trinajstić information content (AvgIpc) is 3.40. The maximum Gasteiger partial charge on any atom is 0.0812 e. The van der Waals surface area contributed by atoms with E-state index >= 15 is 0 Å². The molecule has 4 nitrogen and oxygen atoms in total. The van der Waals surface area contributed by atoms with Gasteiger partial charge in [-0.15, -0.1) is 11.3 Å². The molecule has 0 aliphatic heterocycles. The maximum absolute atomic E-state index is 5.42. The molecule has 2 aromatic rings. The fraction of sp³-hybridized carbons (Fsp3) is 0.720. The summed E-state index contributed by atoms with van der Waals surface area (Å²) in [6, 6.07) is 8.13. The first-order valence-electron chi connectivity index (χ1n) is 12.6. The van der Waals surface area contributed by atoms with Gasteiger partial charge in [0.15, 0.2) is 0 Å². The van der Waals surface area contributed by atoms with E-state index in [9.17, 15) is 0 Å². The van der Waals surface area contributed by atoms with Gasteiger partial charge in [0.25, 0.3) is 0 Å². The van der Waals surface area contributed by atoms with Crippen LogP contribution in [-0.2, 0) is 0 Å². The number of rotatable bonds is 3. The van der Waals surface area contributed by atoms with Crippen molar-refractivity contribution in [1.29, 1.82) is 0 Å². The Balaban J connectivity index is 0.000000156. The van der Waals surface area contributed by atoms with Gasteiger partial charge in [0.05, 0.1) is 15.7 Å². The molecule has 8 heteroatoms. The highest BCUT2D eigenvalue weighted by molar-refractivity contribution is 7.98. The van der Waals surface area contributed by atoms with Crippen molar-refractivity contribution in [2.45, 2.75) is 112 Å². The summed E-state index contributed by atoms with van der Waals surface area (Å²) in [7, 11) is 0. The molecule has 33 heavy (non-hydrogen) atoms. The van der Waals surface area contributed by atoms with Crippen molar-refractivity contribution >= 4 is 57.4 Å². The van der Waals surface area contributed by atoms with Crippen molar-refractivity contribution in [2.75, 3.05) is 0 Å². The smallest absolute Gasteiger partial charge is 0.0812 e. The van der Waals surface area contributed by atoms with Gasteiger partial charge in [0.2, 0.25) is 0 Å². The Morgan fingerprint density at radius 3 is 1.33 bits per heavy atom. The van der Waals surface area contributed by atoms with E-state index in [2.05, 4.69) is 11.1 Å². The van der Waals surface area contributed by atoms with Crippen LogP contribution in [0.5, 0.6) is 0 Å².